The van der Waals surface area contributed by atoms with E-state index < -0.39 is 217 Å². The first-order chi connectivity index (χ1) is 43.6. The van der Waals surface area contributed by atoms with E-state index in [9.17, 15) is 91.9 Å². The van der Waals surface area contributed by atoms with Gasteiger partial charge in [0.25, 0.3) is 0 Å². The summed E-state index contributed by atoms with van der Waals surface area (Å²) in [5, 5.41) is 195. The highest BCUT2D eigenvalue weighted by Crippen LogP contribution is 2.71. The fraction of sp³-hybridized carbons (Fsp3) is 1.00. The first kappa shape index (κ1) is 72.0. The van der Waals surface area contributed by atoms with Gasteiger partial charge < -0.3 is 153 Å². The first-order valence-corrected chi connectivity index (χ1v) is 33.1. The second-order valence-corrected chi connectivity index (χ2v) is 29.0. The number of aliphatic hydroxyl groups excluding tert-OH is 17. The van der Waals surface area contributed by atoms with Crippen LogP contribution in [0.2, 0.25) is 0 Å². The molecule has 18 N–H and O–H groups in total. The molecule has 40 atom stereocenters. The van der Waals surface area contributed by atoms with Gasteiger partial charge in [-0.1, -0.05) is 27.7 Å². The van der Waals surface area contributed by atoms with Crippen molar-refractivity contribution in [2.75, 3.05) is 39.6 Å². The molecule has 11 fully saturated rings. The van der Waals surface area contributed by atoms with Crippen LogP contribution in [0.3, 0.4) is 0 Å². The maximum Gasteiger partial charge on any atom is 0.187 e. The van der Waals surface area contributed by atoms with E-state index in [1.54, 1.807) is 0 Å². The maximum absolute atomic E-state index is 12.7. The molecule has 7 saturated heterocycles. The second-order valence-electron chi connectivity index (χ2n) is 29.0. The third kappa shape index (κ3) is 13.4. The Hall–Kier alpha value is -1.24. The molecule has 532 valence electrons. The Kier molecular flexibility index (Phi) is 22.5. The molecule has 11 aliphatic rings. The average Bonchev–Trinajstić information content (AvgIpc) is 1.49. The molecule has 0 unspecified atom stereocenters. The minimum atomic E-state index is -1.96. The molecule has 7 aliphatic heterocycles. The smallest absolute Gasteiger partial charge is 0.187 e. The number of fused-ring (bicyclic) bond motifs is 7. The van der Waals surface area contributed by atoms with Crippen LogP contribution in [0.5, 0.6) is 0 Å². The maximum atomic E-state index is 12.7. The zero-order valence-electron chi connectivity index (χ0n) is 52.5. The largest absolute Gasteiger partial charge is 0.394 e. The monoisotopic (exact) mass is 1330 g/mol. The Bertz CT molecular complexity index is 2390. The number of ether oxygens (including phenoxy) is 13. The van der Waals surface area contributed by atoms with E-state index in [1.807, 2.05) is 6.92 Å². The Balaban J connectivity index is 0.773. The third-order valence-electron chi connectivity index (χ3n) is 23.5. The highest BCUT2D eigenvalue weighted by atomic mass is 16.8. The van der Waals surface area contributed by atoms with Crippen LogP contribution in [0.25, 0.3) is 0 Å². The summed E-state index contributed by atoms with van der Waals surface area (Å²) in [4.78, 5) is 0. The molecule has 4 saturated carbocycles. The molecule has 0 amide bonds. The van der Waals surface area contributed by atoms with Gasteiger partial charge in [-0.2, -0.15) is 0 Å². The van der Waals surface area contributed by atoms with Crippen LogP contribution in [0.1, 0.15) is 98.8 Å². The van der Waals surface area contributed by atoms with Gasteiger partial charge in [0, 0.05) is 12.3 Å². The van der Waals surface area contributed by atoms with Crippen molar-refractivity contribution in [3.8, 4) is 0 Å². The number of hydrogen-bond acceptors (Lipinski definition) is 31. The van der Waals surface area contributed by atoms with E-state index in [0.29, 0.717) is 43.4 Å². The summed E-state index contributed by atoms with van der Waals surface area (Å²) in [7, 11) is 0. The van der Waals surface area contributed by atoms with Gasteiger partial charge in [-0.25, -0.2) is 0 Å². The lowest BCUT2D eigenvalue weighted by molar-refractivity contribution is -0.408. The normalized spacial score (nSPS) is 55.9. The van der Waals surface area contributed by atoms with Crippen molar-refractivity contribution in [2.24, 2.45) is 52.3 Å². The van der Waals surface area contributed by atoms with Gasteiger partial charge in [0.05, 0.1) is 58.0 Å². The molecule has 31 nitrogen and oxygen atoms in total. The van der Waals surface area contributed by atoms with Crippen LogP contribution in [-0.4, -0.2) is 322 Å². The summed E-state index contributed by atoms with van der Waals surface area (Å²) >= 11 is 0. The summed E-state index contributed by atoms with van der Waals surface area (Å²) in [5.41, 5.74) is -0.208. The van der Waals surface area contributed by atoms with Crippen LogP contribution in [0.4, 0.5) is 0 Å². The lowest BCUT2D eigenvalue weighted by atomic mass is 9.44. The standard InChI is InChI=1S/C61H102O31/c1-22(19-80-53-46(76)43(73)40(70)33(16-62)85-53)8-13-61(79)23(2)36-32(92-61)15-29-27-7-6-25-14-26(9-11-59(25,4)28(27)10-12-60(29,36)5)84-57-51(90-56-47(77)42(72)37(67)24(3)83-56)48(78)49(35(18-64)87-57)88-58-52(91-55-45(75)39(69)31(66)21-82-55)50(41(71)34(17-63)86-58)89-54-44(74)38(68)30(65)20-81-54/h22-58,62-79H,6-21H2,1-5H3/t22-,23-,24-,25-,26-,27+,28-,29-,30+,31+,32-,33+,34+,35+,36-,37-,38-,39-,40+,41+,42+,43-,44+,45+,46+,47+,48-,49-,50-,51+,52+,53+,54-,55-,56-,57+,58-,59-,60-,61+/m0/s1. The van der Waals surface area contributed by atoms with E-state index in [2.05, 4.69) is 20.8 Å². The van der Waals surface area contributed by atoms with Crippen molar-refractivity contribution >= 4 is 0 Å². The molecule has 31 heteroatoms. The van der Waals surface area contributed by atoms with E-state index in [-0.39, 0.29) is 47.2 Å². The van der Waals surface area contributed by atoms with Gasteiger partial charge in [0.15, 0.2) is 43.5 Å². The van der Waals surface area contributed by atoms with E-state index in [0.717, 1.165) is 38.5 Å². The van der Waals surface area contributed by atoms with Crippen molar-refractivity contribution < 1.29 is 153 Å². The minimum absolute atomic E-state index is 0.102. The highest BCUT2D eigenvalue weighted by molar-refractivity contribution is 5.15. The predicted octanol–water partition coefficient (Wildman–Crippen LogP) is -6.00. The van der Waals surface area contributed by atoms with Crippen LogP contribution in [-0.2, 0) is 61.6 Å². The summed E-state index contributed by atoms with van der Waals surface area (Å²) in [6.45, 7) is 6.84. The second kappa shape index (κ2) is 28.8. The van der Waals surface area contributed by atoms with Crippen LogP contribution >= 0.6 is 0 Å². The first-order valence-electron chi connectivity index (χ1n) is 33.1. The van der Waals surface area contributed by atoms with Gasteiger partial charge in [-0.15, -0.1) is 0 Å². The van der Waals surface area contributed by atoms with Crippen molar-refractivity contribution in [3.05, 3.63) is 0 Å². The van der Waals surface area contributed by atoms with Crippen molar-refractivity contribution in [1.29, 1.82) is 0 Å². The molecule has 4 aliphatic carbocycles. The molecule has 0 aromatic carbocycles. The summed E-state index contributed by atoms with van der Waals surface area (Å²) in [5.74, 6) is -0.280. The zero-order valence-corrected chi connectivity index (χ0v) is 52.5. The average molecular weight is 1330 g/mol. The van der Waals surface area contributed by atoms with Crippen molar-refractivity contribution in [2.45, 2.75) is 289 Å². The van der Waals surface area contributed by atoms with Gasteiger partial charge in [0.2, 0.25) is 0 Å². The predicted molar refractivity (Wildman–Crippen MR) is 303 cm³/mol. The molecule has 11 rings (SSSR count). The topological polar surface area (TPSA) is 484 Å². The fourth-order valence-corrected chi connectivity index (χ4v) is 18.0. The molecule has 0 spiro atoms. The summed E-state index contributed by atoms with van der Waals surface area (Å²) < 4.78 is 79.3. The SMILES string of the molecule is C[C@@H](CC[C@@]1(O)O[C@H]2C[C@H]3[C@@H]4CC[C@H]5C[C@@H](O[C@@H]6O[C@H](CO)[C@H](O[C@@H]7O[C@H](CO)[C@@H](O)[C@H](O[C@@H]8OC[C@@H](O)[C@H](O)[C@H]8O)[C@H]7O[C@@H]7OC[C@@H](O)[C@H](O)[C@H]7O)[C@H](O)[C@H]6O[C@@H]6O[C@@H](C)[C@H](O)[C@@H](O)[C@H]6O)CC[C@]5(C)[C@H]4CC[C@]3(C)[C@H]2[C@@H]1C)CO[C@@H]1O[C@H](CO)[C@@H](O)[C@H](O)[C@H]1O. The van der Waals surface area contributed by atoms with Gasteiger partial charge in [-0.3, -0.25) is 0 Å². The minimum Gasteiger partial charge on any atom is -0.394 e. The number of aliphatic hydroxyl groups is 18. The molecular formula is C61H102O31. The Morgan fingerprint density at radius 1 is 0.478 bits per heavy atom. The van der Waals surface area contributed by atoms with E-state index >= 15 is 0 Å². The zero-order chi connectivity index (χ0) is 66.4. The Morgan fingerprint density at radius 2 is 1.02 bits per heavy atom. The molecule has 0 bridgehead atoms. The summed E-state index contributed by atoms with van der Waals surface area (Å²) in [6, 6.07) is 0. The number of rotatable bonds is 19. The number of hydrogen-bond donors (Lipinski definition) is 18. The molecule has 0 aromatic rings. The van der Waals surface area contributed by atoms with Crippen LogP contribution < -0.4 is 0 Å². The Morgan fingerprint density at radius 3 is 1.67 bits per heavy atom. The summed E-state index contributed by atoms with van der Waals surface area (Å²) in [6.07, 6.45) is -40.3. The van der Waals surface area contributed by atoms with Crippen molar-refractivity contribution in [3.63, 3.8) is 0 Å². The highest BCUT2D eigenvalue weighted by Gasteiger charge is 2.69. The van der Waals surface area contributed by atoms with Crippen LogP contribution in [0.15, 0.2) is 0 Å². The lowest BCUT2D eigenvalue weighted by Gasteiger charge is -2.61. The molecular weight excluding hydrogens is 1230 g/mol. The Labute approximate surface area is 532 Å². The molecule has 7 heterocycles. The molecule has 92 heavy (non-hydrogen) atoms. The third-order valence-corrected chi connectivity index (χ3v) is 23.5. The molecule has 0 radical (unpaired) electrons. The quantitative estimate of drug-likeness (QED) is 0.0535. The lowest BCUT2D eigenvalue weighted by Crippen LogP contribution is -2.68. The van der Waals surface area contributed by atoms with Gasteiger partial charge in [0.1, 0.15) is 128 Å². The van der Waals surface area contributed by atoms with Gasteiger partial charge >= 0.3 is 0 Å². The molecule has 0 aromatic heterocycles. The van der Waals surface area contributed by atoms with Gasteiger partial charge in [-0.05, 0) is 111 Å². The van der Waals surface area contributed by atoms with Crippen LogP contribution in [0, 0.1) is 52.3 Å². The fourth-order valence-electron chi connectivity index (χ4n) is 18.0. The van der Waals surface area contributed by atoms with E-state index in [1.165, 1.54) is 6.92 Å². The van der Waals surface area contributed by atoms with E-state index in [4.69, 9.17) is 61.6 Å². The van der Waals surface area contributed by atoms with Crippen molar-refractivity contribution in [1.82, 2.24) is 0 Å².